The van der Waals surface area contributed by atoms with Crippen molar-refractivity contribution < 1.29 is 0 Å². The fraction of sp³-hybridized carbons (Fsp3) is 0.176. The highest BCUT2D eigenvalue weighted by Crippen LogP contribution is 2.22. The number of nitrogens with zero attached hydrogens (tertiary/aromatic N) is 5. The van der Waals surface area contributed by atoms with Crippen molar-refractivity contribution in [3.8, 4) is 0 Å². The van der Waals surface area contributed by atoms with Crippen LogP contribution in [0, 0.1) is 0 Å². The van der Waals surface area contributed by atoms with Gasteiger partial charge in [0.2, 0.25) is 5.95 Å². The van der Waals surface area contributed by atoms with E-state index in [-0.39, 0.29) is 0 Å². The lowest BCUT2D eigenvalue weighted by atomic mass is 10.1. The number of rotatable bonds is 6. The average molecular weight is 356 g/mol. The summed E-state index contributed by atoms with van der Waals surface area (Å²) in [5.41, 5.74) is 2.96. The van der Waals surface area contributed by atoms with Gasteiger partial charge in [0.05, 0.1) is 18.1 Å². The first kappa shape index (κ1) is 16.9. The molecule has 2 heterocycles. The van der Waals surface area contributed by atoms with Crippen LogP contribution in [0.2, 0.25) is 5.02 Å². The van der Waals surface area contributed by atoms with Crippen molar-refractivity contribution in [2.45, 2.75) is 6.54 Å². The van der Waals surface area contributed by atoms with E-state index in [1.807, 2.05) is 37.7 Å². The smallest absolute Gasteiger partial charge is 0.229 e. The van der Waals surface area contributed by atoms with E-state index in [2.05, 4.69) is 36.8 Å². The Bertz CT molecular complexity index is 888. The maximum Gasteiger partial charge on any atom is 0.229 e. The molecule has 0 aliphatic rings. The van der Waals surface area contributed by atoms with Crippen LogP contribution in [0.4, 0.5) is 17.5 Å². The molecule has 0 saturated carbocycles. The SMILES string of the molecule is CN=Cc1cccc(CNc2nc(Nc3cnn(C)c3)ncc2Cl)c1. The number of anilines is 3. The van der Waals surface area contributed by atoms with Crippen molar-refractivity contribution in [2.75, 3.05) is 17.7 Å². The lowest BCUT2D eigenvalue weighted by Crippen LogP contribution is -2.05. The molecule has 0 fully saturated rings. The molecule has 8 heteroatoms. The maximum absolute atomic E-state index is 6.20. The molecule has 0 saturated heterocycles. The second-order valence-corrected chi connectivity index (χ2v) is 5.81. The van der Waals surface area contributed by atoms with E-state index >= 15 is 0 Å². The van der Waals surface area contributed by atoms with Gasteiger partial charge in [0.15, 0.2) is 5.82 Å². The molecule has 7 nitrogen and oxygen atoms in total. The minimum absolute atomic E-state index is 0.451. The highest BCUT2D eigenvalue weighted by atomic mass is 35.5. The fourth-order valence-corrected chi connectivity index (χ4v) is 2.44. The predicted molar refractivity (Wildman–Crippen MR) is 101 cm³/mol. The first-order chi connectivity index (χ1) is 12.1. The third-order valence-electron chi connectivity index (χ3n) is 3.39. The molecule has 128 valence electrons. The summed E-state index contributed by atoms with van der Waals surface area (Å²) >= 11 is 6.20. The van der Waals surface area contributed by atoms with Crippen LogP contribution in [0.25, 0.3) is 0 Å². The zero-order valence-corrected chi connectivity index (χ0v) is 14.7. The summed E-state index contributed by atoms with van der Waals surface area (Å²) in [6.07, 6.45) is 6.92. The van der Waals surface area contributed by atoms with E-state index in [1.165, 1.54) is 0 Å². The summed E-state index contributed by atoms with van der Waals surface area (Å²) in [4.78, 5) is 12.6. The van der Waals surface area contributed by atoms with Crippen molar-refractivity contribution in [1.29, 1.82) is 0 Å². The number of aryl methyl sites for hydroxylation is 1. The number of benzene rings is 1. The third-order valence-corrected chi connectivity index (χ3v) is 3.67. The number of nitrogens with one attached hydrogen (secondary N) is 2. The van der Waals surface area contributed by atoms with E-state index in [1.54, 1.807) is 24.1 Å². The Hall–Kier alpha value is -2.93. The van der Waals surface area contributed by atoms with Crippen molar-refractivity contribution in [3.05, 3.63) is 59.0 Å². The van der Waals surface area contributed by atoms with Gasteiger partial charge in [-0.3, -0.25) is 9.67 Å². The quantitative estimate of drug-likeness (QED) is 0.663. The van der Waals surface area contributed by atoms with Gasteiger partial charge in [-0.05, 0) is 17.2 Å². The topological polar surface area (TPSA) is 80.0 Å². The first-order valence-corrected chi connectivity index (χ1v) is 8.05. The van der Waals surface area contributed by atoms with Crippen LogP contribution in [-0.2, 0) is 13.6 Å². The van der Waals surface area contributed by atoms with Crippen molar-refractivity contribution in [1.82, 2.24) is 19.7 Å². The van der Waals surface area contributed by atoms with Crippen molar-refractivity contribution >= 4 is 35.3 Å². The predicted octanol–water partition coefficient (Wildman–Crippen LogP) is 3.27. The maximum atomic E-state index is 6.20. The molecule has 0 atom stereocenters. The monoisotopic (exact) mass is 355 g/mol. The zero-order chi connectivity index (χ0) is 17.6. The molecular formula is C17H18ClN7. The summed E-state index contributed by atoms with van der Waals surface area (Å²) in [5, 5.41) is 10.9. The first-order valence-electron chi connectivity index (χ1n) is 7.67. The van der Waals surface area contributed by atoms with Gasteiger partial charge in [0.25, 0.3) is 0 Å². The van der Waals surface area contributed by atoms with E-state index in [0.29, 0.717) is 23.3 Å². The second-order valence-electron chi connectivity index (χ2n) is 5.40. The molecule has 0 aliphatic carbocycles. The van der Waals surface area contributed by atoms with Crippen LogP contribution in [0.5, 0.6) is 0 Å². The lowest BCUT2D eigenvalue weighted by Gasteiger charge is -2.10. The van der Waals surface area contributed by atoms with Gasteiger partial charge in [-0.1, -0.05) is 29.8 Å². The van der Waals surface area contributed by atoms with E-state index < -0.39 is 0 Å². The summed E-state index contributed by atoms with van der Waals surface area (Å²) < 4.78 is 1.70. The van der Waals surface area contributed by atoms with Gasteiger partial charge in [0, 0.05) is 33.1 Å². The van der Waals surface area contributed by atoms with Crippen molar-refractivity contribution in [2.24, 2.45) is 12.0 Å². The third kappa shape index (κ3) is 4.54. The zero-order valence-electron chi connectivity index (χ0n) is 13.9. The number of aliphatic imine (C=N–C) groups is 1. The summed E-state index contributed by atoms with van der Waals surface area (Å²) in [6, 6.07) is 8.09. The van der Waals surface area contributed by atoms with Crippen LogP contribution in [0.15, 0.2) is 47.8 Å². The molecule has 0 aliphatic heterocycles. The average Bonchev–Trinajstić information content (AvgIpc) is 3.01. The Labute approximate surface area is 150 Å². The molecule has 2 aromatic heterocycles. The van der Waals surface area contributed by atoms with Crippen molar-refractivity contribution in [3.63, 3.8) is 0 Å². The second kappa shape index (κ2) is 7.76. The van der Waals surface area contributed by atoms with Gasteiger partial charge in [-0.2, -0.15) is 10.1 Å². The van der Waals surface area contributed by atoms with E-state index in [4.69, 9.17) is 11.6 Å². The molecule has 3 aromatic rings. The Morgan fingerprint density at radius 2 is 2.20 bits per heavy atom. The molecule has 25 heavy (non-hydrogen) atoms. The number of hydrogen-bond donors (Lipinski definition) is 2. The highest BCUT2D eigenvalue weighted by Gasteiger charge is 2.07. The van der Waals surface area contributed by atoms with Gasteiger partial charge < -0.3 is 10.6 Å². The molecule has 0 unspecified atom stereocenters. The standard InChI is InChI=1S/C17H18ClN7/c1-19-7-12-4-3-5-13(6-12)8-20-16-15(18)10-21-17(24-16)23-14-9-22-25(2)11-14/h3-7,9-11H,8H2,1-2H3,(H2,20,21,23,24). The van der Waals surface area contributed by atoms with Crippen LogP contribution >= 0.6 is 11.6 Å². The molecule has 1 aromatic carbocycles. The number of hydrogen-bond acceptors (Lipinski definition) is 6. The number of halogens is 1. The largest absolute Gasteiger partial charge is 0.365 e. The van der Waals surface area contributed by atoms with Crippen LogP contribution in [-0.4, -0.2) is 33.0 Å². The fourth-order valence-electron chi connectivity index (χ4n) is 2.28. The minimum atomic E-state index is 0.451. The Balaban J connectivity index is 1.71. The Kier molecular flexibility index (Phi) is 5.25. The molecule has 0 spiro atoms. The summed E-state index contributed by atoms with van der Waals surface area (Å²) in [5.74, 6) is 1.02. The normalized spacial score (nSPS) is 11.0. The Morgan fingerprint density at radius 1 is 1.32 bits per heavy atom. The molecule has 0 amide bonds. The van der Waals surface area contributed by atoms with Crippen LogP contribution < -0.4 is 10.6 Å². The summed E-state index contributed by atoms with van der Waals surface area (Å²) in [6.45, 7) is 0.592. The van der Waals surface area contributed by atoms with E-state index in [9.17, 15) is 0 Å². The van der Waals surface area contributed by atoms with Gasteiger partial charge in [-0.15, -0.1) is 0 Å². The lowest BCUT2D eigenvalue weighted by molar-refractivity contribution is 0.768. The van der Waals surface area contributed by atoms with Gasteiger partial charge in [0.1, 0.15) is 5.02 Å². The number of aromatic nitrogens is 4. The van der Waals surface area contributed by atoms with Crippen LogP contribution in [0.3, 0.4) is 0 Å². The van der Waals surface area contributed by atoms with Gasteiger partial charge in [-0.25, -0.2) is 4.98 Å². The molecule has 3 rings (SSSR count). The summed E-state index contributed by atoms with van der Waals surface area (Å²) in [7, 11) is 3.60. The molecular weight excluding hydrogens is 338 g/mol. The highest BCUT2D eigenvalue weighted by molar-refractivity contribution is 6.32. The molecule has 0 bridgehead atoms. The van der Waals surface area contributed by atoms with Crippen LogP contribution in [0.1, 0.15) is 11.1 Å². The Morgan fingerprint density at radius 3 is 2.96 bits per heavy atom. The minimum Gasteiger partial charge on any atom is -0.365 e. The molecule has 0 radical (unpaired) electrons. The van der Waals surface area contributed by atoms with Gasteiger partial charge >= 0.3 is 0 Å². The molecule has 2 N–H and O–H groups in total. The van der Waals surface area contributed by atoms with E-state index in [0.717, 1.165) is 16.8 Å².